The molecule has 186 valence electrons. The van der Waals surface area contributed by atoms with Gasteiger partial charge in [0.05, 0.1) is 29.1 Å². The third kappa shape index (κ3) is 4.21. The average Bonchev–Trinajstić information content (AvgIpc) is 3.23. The van der Waals surface area contributed by atoms with E-state index in [1.54, 1.807) is 35.0 Å². The van der Waals surface area contributed by atoms with Gasteiger partial charge in [-0.25, -0.2) is 23.5 Å². The molecule has 1 saturated heterocycles. The van der Waals surface area contributed by atoms with Crippen LogP contribution in [0.5, 0.6) is 0 Å². The first kappa shape index (κ1) is 23.6. The average molecular weight is 494 g/mol. The van der Waals surface area contributed by atoms with E-state index in [1.165, 1.54) is 18.5 Å². The molecule has 1 atom stereocenters. The summed E-state index contributed by atoms with van der Waals surface area (Å²) in [5, 5.41) is 0.683. The summed E-state index contributed by atoms with van der Waals surface area (Å²) in [5.41, 5.74) is 2.77. The number of benzene rings is 1. The zero-order chi connectivity index (χ0) is 25.4. The van der Waals surface area contributed by atoms with E-state index in [0.717, 1.165) is 6.07 Å². The number of anilines is 1. The summed E-state index contributed by atoms with van der Waals surface area (Å²) in [5.74, 6) is -0.740. The van der Waals surface area contributed by atoms with Crippen molar-refractivity contribution in [1.29, 1.82) is 0 Å². The first-order valence-corrected chi connectivity index (χ1v) is 11.7. The number of halogens is 2. The minimum absolute atomic E-state index is 0.121. The Labute approximate surface area is 206 Å². The number of hydrogen-bond acceptors (Lipinski definition) is 7. The minimum atomic E-state index is -0.692. The Balaban J connectivity index is 1.66. The molecule has 1 aromatic carbocycles. The fourth-order valence-electron chi connectivity index (χ4n) is 4.64. The van der Waals surface area contributed by atoms with Crippen molar-refractivity contribution in [2.75, 3.05) is 31.1 Å². The van der Waals surface area contributed by atoms with Crippen molar-refractivity contribution < 1.29 is 18.3 Å². The van der Waals surface area contributed by atoms with Crippen LogP contribution in [0, 0.1) is 18.6 Å². The van der Waals surface area contributed by atoms with Gasteiger partial charge in [0, 0.05) is 55.9 Å². The van der Waals surface area contributed by atoms with Gasteiger partial charge >= 0.3 is 6.09 Å². The van der Waals surface area contributed by atoms with Gasteiger partial charge in [-0.05, 0) is 32.9 Å². The second-order valence-electron chi connectivity index (χ2n) is 8.61. The van der Waals surface area contributed by atoms with Crippen LogP contribution in [0.3, 0.4) is 0 Å². The number of nitrogens with zero attached hydrogens (tertiary/aromatic N) is 7. The van der Waals surface area contributed by atoms with Crippen LogP contribution >= 0.6 is 0 Å². The molecular formula is C25H25F2N7O2. The van der Waals surface area contributed by atoms with Crippen molar-refractivity contribution in [1.82, 2.24) is 29.4 Å². The highest BCUT2D eigenvalue weighted by molar-refractivity contribution is 6.02. The minimum Gasteiger partial charge on any atom is -0.450 e. The van der Waals surface area contributed by atoms with Gasteiger partial charge in [-0.2, -0.15) is 0 Å². The van der Waals surface area contributed by atoms with E-state index >= 15 is 0 Å². The Morgan fingerprint density at radius 3 is 2.53 bits per heavy atom. The number of amides is 1. The van der Waals surface area contributed by atoms with Gasteiger partial charge in [-0.15, -0.1) is 0 Å². The number of ether oxygens (including phenoxy) is 1. The maximum absolute atomic E-state index is 14.1. The molecule has 9 nitrogen and oxygen atoms in total. The summed E-state index contributed by atoms with van der Waals surface area (Å²) < 4.78 is 35.1. The number of piperazine rings is 1. The van der Waals surface area contributed by atoms with E-state index in [-0.39, 0.29) is 17.8 Å². The van der Waals surface area contributed by atoms with Gasteiger partial charge in [0.15, 0.2) is 5.65 Å². The molecule has 0 saturated carbocycles. The van der Waals surface area contributed by atoms with Crippen LogP contribution in [-0.4, -0.2) is 67.8 Å². The summed E-state index contributed by atoms with van der Waals surface area (Å²) in [6.07, 6.45) is 6.05. The van der Waals surface area contributed by atoms with Crippen molar-refractivity contribution in [3.63, 3.8) is 0 Å². The molecule has 1 amide bonds. The van der Waals surface area contributed by atoms with Crippen LogP contribution < -0.4 is 4.90 Å². The van der Waals surface area contributed by atoms with E-state index in [2.05, 4.69) is 24.8 Å². The fourth-order valence-corrected chi connectivity index (χ4v) is 4.64. The quantitative estimate of drug-likeness (QED) is 0.422. The molecule has 36 heavy (non-hydrogen) atoms. The normalized spacial score (nSPS) is 16.0. The lowest BCUT2D eigenvalue weighted by atomic mass is 10.1. The van der Waals surface area contributed by atoms with Crippen LogP contribution in [0.25, 0.3) is 28.0 Å². The lowest BCUT2D eigenvalue weighted by Gasteiger charge is -2.39. The SMILES string of the molecule is CCOC(=O)N1CCN(c2ncnc3c2c(-c2nccnc2C)cn3-c2cc(F)cc(F)c2)C[C@H]1C. The van der Waals surface area contributed by atoms with Gasteiger partial charge in [-0.1, -0.05) is 0 Å². The third-order valence-corrected chi connectivity index (χ3v) is 6.25. The Morgan fingerprint density at radius 2 is 1.83 bits per heavy atom. The van der Waals surface area contributed by atoms with E-state index in [9.17, 15) is 13.6 Å². The standard InChI is InChI=1S/C25H25F2N7O2/c1-4-36-25(35)33-8-7-32(12-15(33)2)23-21-20(22-16(3)28-5-6-29-22)13-34(24(21)31-14-30-23)19-10-17(26)9-18(27)11-19/h5-6,9-11,13-15H,4,7-8,12H2,1-3H3/t15-/m1/s1. The Morgan fingerprint density at radius 1 is 1.08 bits per heavy atom. The molecule has 11 heteroatoms. The molecule has 4 heterocycles. The predicted octanol–water partition coefficient (Wildman–Crippen LogP) is 4.13. The van der Waals surface area contributed by atoms with Crippen molar-refractivity contribution in [2.45, 2.75) is 26.8 Å². The maximum Gasteiger partial charge on any atom is 0.410 e. The smallest absolute Gasteiger partial charge is 0.410 e. The molecule has 0 spiro atoms. The number of rotatable bonds is 4. The van der Waals surface area contributed by atoms with Gasteiger partial charge in [0.1, 0.15) is 23.8 Å². The van der Waals surface area contributed by atoms with E-state index < -0.39 is 11.6 Å². The van der Waals surface area contributed by atoms with Crippen molar-refractivity contribution >= 4 is 22.9 Å². The summed E-state index contributed by atoms with van der Waals surface area (Å²) in [6, 6.07) is 3.20. The Bertz CT molecular complexity index is 1420. The molecule has 0 radical (unpaired) electrons. The number of fused-ring (bicyclic) bond motifs is 1. The molecule has 1 aliphatic rings. The summed E-state index contributed by atoms with van der Waals surface area (Å²) in [6.45, 7) is 7.39. The summed E-state index contributed by atoms with van der Waals surface area (Å²) in [7, 11) is 0. The van der Waals surface area contributed by atoms with E-state index in [1.807, 2.05) is 13.8 Å². The van der Waals surface area contributed by atoms with Gasteiger partial charge in [0.25, 0.3) is 0 Å². The first-order valence-electron chi connectivity index (χ1n) is 11.7. The predicted molar refractivity (Wildman–Crippen MR) is 130 cm³/mol. The van der Waals surface area contributed by atoms with Crippen molar-refractivity contribution in [3.8, 4) is 16.9 Å². The highest BCUT2D eigenvalue weighted by atomic mass is 19.1. The van der Waals surface area contributed by atoms with Crippen LogP contribution in [-0.2, 0) is 4.74 Å². The van der Waals surface area contributed by atoms with Crippen LogP contribution in [0.4, 0.5) is 19.4 Å². The van der Waals surface area contributed by atoms with Crippen LogP contribution in [0.2, 0.25) is 0 Å². The second kappa shape index (κ2) is 9.48. The molecule has 3 aromatic heterocycles. The summed E-state index contributed by atoms with van der Waals surface area (Å²) >= 11 is 0. The monoisotopic (exact) mass is 493 g/mol. The summed E-state index contributed by atoms with van der Waals surface area (Å²) in [4.78, 5) is 34.1. The second-order valence-corrected chi connectivity index (χ2v) is 8.61. The molecule has 0 N–H and O–H groups in total. The zero-order valence-electron chi connectivity index (χ0n) is 20.2. The number of carbonyl (C=O) groups is 1. The number of aromatic nitrogens is 5. The molecule has 0 aliphatic carbocycles. The zero-order valence-corrected chi connectivity index (χ0v) is 20.2. The first-order chi connectivity index (χ1) is 17.4. The highest BCUT2D eigenvalue weighted by Gasteiger charge is 2.31. The molecule has 5 rings (SSSR count). The topological polar surface area (TPSA) is 89.3 Å². The Kier molecular flexibility index (Phi) is 6.21. The van der Waals surface area contributed by atoms with E-state index in [0.29, 0.717) is 60.0 Å². The van der Waals surface area contributed by atoms with Crippen molar-refractivity contribution in [3.05, 3.63) is 60.4 Å². The number of aryl methyl sites for hydroxylation is 1. The molecule has 4 aromatic rings. The van der Waals surface area contributed by atoms with Gasteiger partial charge < -0.3 is 19.1 Å². The van der Waals surface area contributed by atoms with E-state index in [4.69, 9.17) is 4.74 Å². The number of hydrogen-bond donors (Lipinski definition) is 0. The fraction of sp³-hybridized carbons (Fsp3) is 0.320. The highest BCUT2D eigenvalue weighted by Crippen LogP contribution is 2.37. The number of carbonyl (C=O) groups excluding carboxylic acids is 1. The molecule has 1 fully saturated rings. The van der Waals surface area contributed by atoms with Crippen LogP contribution in [0.15, 0.2) is 43.1 Å². The Hall–Kier alpha value is -4.15. The van der Waals surface area contributed by atoms with Crippen molar-refractivity contribution in [2.24, 2.45) is 0 Å². The van der Waals surface area contributed by atoms with Gasteiger partial charge in [-0.3, -0.25) is 9.97 Å². The third-order valence-electron chi connectivity index (χ3n) is 6.25. The molecule has 1 aliphatic heterocycles. The lowest BCUT2D eigenvalue weighted by Crippen LogP contribution is -2.54. The van der Waals surface area contributed by atoms with Crippen LogP contribution in [0.1, 0.15) is 19.5 Å². The largest absolute Gasteiger partial charge is 0.450 e. The molecule has 0 unspecified atom stereocenters. The molecule has 0 bridgehead atoms. The molecular weight excluding hydrogens is 468 g/mol. The van der Waals surface area contributed by atoms with Gasteiger partial charge in [0.2, 0.25) is 0 Å². The lowest BCUT2D eigenvalue weighted by molar-refractivity contribution is 0.0891. The maximum atomic E-state index is 14.1.